The smallest absolute Gasteiger partial charge is 0.239 e. The number of pyridine rings is 1. The van der Waals surface area contributed by atoms with Crippen LogP contribution in [0.1, 0.15) is 13.3 Å². The zero-order valence-electron chi connectivity index (χ0n) is 12.3. The number of hydrogen-bond acceptors (Lipinski definition) is 4. The second kappa shape index (κ2) is 7.40. The van der Waals surface area contributed by atoms with E-state index in [1.54, 1.807) is 12.1 Å². The van der Waals surface area contributed by atoms with Crippen LogP contribution in [0, 0.1) is 5.82 Å². The number of rotatable bonds is 6. The number of halogens is 1. The number of aromatic hydroxyl groups is 1. The molecule has 1 heterocycles. The van der Waals surface area contributed by atoms with Gasteiger partial charge in [0.25, 0.3) is 0 Å². The maximum Gasteiger partial charge on any atom is 0.239 e. The Hall–Kier alpha value is -2.63. The van der Waals surface area contributed by atoms with E-state index in [2.05, 4.69) is 15.6 Å². The van der Waals surface area contributed by atoms with Crippen molar-refractivity contribution in [1.29, 1.82) is 0 Å². The third kappa shape index (κ3) is 4.18. The van der Waals surface area contributed by atoms with Crippen LogP contribution in [0.25, 0.3) is 11.1 Å². The van der Waals surface area contributed by atoms with E-state index in [0.29, 0.717) is 17.7 Å². The van der Waals surface area contributed by atoms with Crippen LogP contribution in [0.5, 0.6) is 5.75 Å². The summed E-state index contributed by atoms with van der Waals surface area (Å²) in [7, 11) is 0. The number of aromatic nitrogens is 1. The minimum absolute atomic E-state index is 0.0277. The summed E-state index contributed by atoms with van der Waals surface area (Å²) in [5.74, 6) is -0.402. The minimum Gasteiger partial charge on any atom is -0.504 e. The van der Waals surface area contributed by atoms with E-state index in [-0.39, 0.29) is 29.8 Å². The zero-order valence-corrected chi connectivity index (χ0v) is 12.3. The van der Waals surface area contributed by atoms with Gasteiger partial charge in [-0.2, -0.15) is 0 Å². The van der Waals surface area contributed by atoms with Crippen LogP contribution in [0.4, 0.5) is 10.2 Å². The molecule has 0 fully saturated rings. The maximum atomic E-state index is 13.2. The van der Waals surface area contributed by atoms with Crippen molar-refractivity contribution in [3.63, 3.8) is 0 Å². The van der Waals surface area contributed by atoms with Gasteiger partial charge in [-0.25, -0.2) is 9.37 Å². The van der Waals surface area contributed by atoms with E-state index < -0.39 is 0 Å². The predicted octanol–water partition coefficient (Wildman–Crippen LogP) is 2.53. The third-order valence-electron chi connectivity index (χ3n) is 3.01. The van der Waals surface area contributed by atoms with Crippen molar-refractivity contribution in [2.75, 3.05) is 18.4 Å². The molecule has 116 valence electrons. The molecule has 0 atom stereocenters. The maximum absolute atomic E-state index is 13.2. The molecule has 1 amide bonds. The van der Waals surface area contributed by atoms with Gasteiger partial charge in [0.05, 0.1) is 6.54 Å². The Morgan fingerprint density at radius 2 is 2.14 bits per heavy atom. The molecule has 6 heteroatoms. The quantitative estimate of drug-likeness (QED) is 0.766. The summed E-state index contributed by atoms with van der Waals surface area (Å²) in [5, 5.41) is 15.4. The van der Waals surface area contributed by atoms with Gasteiger partial charge in [0.2, 0.25) is 5.91 Å². The molecular weight excluding hydrogens is 285 g/mol. The SMILES string of the molecule is CCCNC(=O)CNc1ncc(-c2cccc(F)c2)cc1O. The zero-order chi connectivity index (χ0) is 15.9. The van der Waals surface area contributed by atoms with Crippen LogP contribution in [-0.4, -0.2) is 29.1 Å². The topological polar surface area (TPSA) is 74.2 Å². The third-order valence-corrected chi connectivity index (χ3v) is 3.01. The number of anilines is 1. The highest BCUT2D eigenvalue weighted by atomic mass is 19.1. The average Bonchev–Trinajstić information content (AvgIpc) is 2.51. The Balaban J connectivity index is 2.05. The van der Waals surface area contributed by atoms with E-state index in [4.69, 9.17) is 0 Å². The summed E-state index contributed by atoms with van der Waals surface area (Å²) in [5.41, 5.74) is 1.22. The highest BCUT2D eigenvalue weighted by molar-refractivity contribution is 5.81. The van der Waals surface area contributed by atoms with Gasteiger partial charge in [0.15, 0.2) is 11.6 Å². The molecule has 0 saturated heterocycles. The lowest BCUT2D eigenvalue weighted by Gasteiger charge is -2.09. The summed E-state index contributed by atoms with van der Waals surface area (Å²) < 4.78 is 13.2. The summed E-state index contributed by atoms with van der Waals surface area (Å²) >= 11 is 0. The van der Waals surface area contributed by atoms with Gasteiger partial charge in [-0.15, -0.1) is 0 Å². The number of hydrogen-bond donors (Lipinski definition) is 3. The van der Waals surface area contributed by atoms with Crippen molar-refractivity contribution in [3.8, 4) is 16.9 Å². The van der Waals surface area contributed by atoms with Crippen LogP contribution in [-0.2, 0) is 4.79 Å². The molecule has 0 bridgehead atoms. The summed E-state index contributed by atoms with van der Waals surface area (Å²) in [6.07, 6.45) is 2.37. The number of benzene rings is 1. The highest BCUT2D eigenvalue weighted by Crippen LogP contribution is 2.27. The Bertz CT molecular complexity index is 662. The Morgan fingerprint density at radius 3 is 2.82 bits per heavy atom. The molecular formula is C16H18FN3O2. The number of carbonyl (C=O) groups excluding carboxylic acids is 1. The molecule has 0 aliphatic carbocycles. The monoisotopic (exact) mass is 303 g/mol. The molecule has 0 aliphatic rings. The molecule has 1 aromatic carbocycles. The first kappa shape index (κ1) is 15.8. The Morgan fingerprint density at radius 1 is 1.32 bits per heavy atom. The number of nitrogens with zero attached hydrogens (tertiary/aromatic N) is 1. The van der Waals surface area contributed by atoms with Crippen molar-refractivity contribution in [1.82, 2.24) is 10.3 Å². The fourth-order valence-electron chi connectivity index (χ4n) is 1.91. The molecule has 2 aromatic rings. The Labute approximate surface area is 128 Å². The fraction of sp³-hybridized carbons (Fsp3) is 0.250. The van der Waals surface area contributed by atoms with Gasteiger partial charge in [0.1, 0.15) is 5.82 Å². The van der Waals surface area contributed by atoms with Gasteiger partial charge in [0, 0.05) is 18.3 Å². The highest BCUT2D eigenvalue weighted by Gasteiger charge is 2.08. The van der Waals surface area contributed by atoms with Gasteiger partial charge in [-0.3, -0.25) is 4.79 Å². The van der Waals surface area contributed by atoms with Crippen molar-refractivity contribution in [2.24, 2.45) is 0 Å². The van der Waals surface area contributed by atoms with Crippen LogP contribution >= 0.6 is 0 Å². The predicted molar refractivity (Wildman–Crippen MR) is 83.1 cm³/mol. The molecule has 0 radical (unpaired) electrons. The Kier molecular flexibility index (Phi) is 5.30. The standard InChI is InChI=1S/C16H18FN3O2/c1-2-6-18-15(22)10-20-16-14(21)8-12(9-19-16)11-4-3-5-13(17)7-11/h3-5,7-9,21H,2,6,10H2,1H3,(H,18,22)(H,19,20). The second-order valence-corrected chi connectivity index (χ2v) is 4.81. The van der Waals surface area contributed by atoms with Crippen LogP contribution in [0.15, 0.2) is 36.5 Å². The molecule has 1 aromatic heterocycles. The lowest BCUT2D eigenvalue weighted by Crippen LogP contribution is -2.30. The largest absolute Gasteiger partial charge is 0.504 e. The van der Waals surface area contributed by atoms with Gasteiger partial charge in [-0.05, 0) is 30.2 Å². The van der Waals surface area contributed by atoms with Gasteiger partial charge >= 0.3 is 0 Å². The molecule has 0 unspecified atom stereocenters. The second-order valence-electron chi connectivity index (χ2n) is 4.81. The average molecular weight is 303 g/mol. The summed E-state index contributed by atoms with van der Waals surface area (Å²) in [4.78, 5) is 15.6. The number of amides is 1. The fourth-order valence-corrected chi connectivity index (χ4v) is 1.91. The van der Waals surface area contributed by atoms with Crippen molar-refractivity contribution in [2.45, 2.75) is 13.3 Å². The van der Waals surface area contributed by atoms with E-state index in [1.807, 2.05) is 6.92 Å². The minimum atomic E-state index is -0.355. The van der Waals surface area contributed by atoms with Crippen molar-refractivity contribution < 1.29 is 14.3 Å². The summed E-state index contributed by atoms with van der Waals surface area (Å²) in [6.45, 7) is 2.60. The van der Waals surface area contributed by atoms with Crippen LogP contribution in [0.2, 0.25) is 0 Å². The molecule has 0 aliphatic heterocycles. The van der Waals surface area contributed by atoms with Crippen LogP contribution in [0.3, 0.4) is 0 Å². The number of carbonyl (C=O) groups is 1. The van der Waals surface area contributed by atoms with Gasteiger partial charge in [-0.1, -0.05) is 19.1 Å². The van der Waals surface area contributed by atoms with Crippen molar-refractivity contribution in [3.05, 3.63) is 42.3 Å². The first-order chi connectivity index (χ1) is 10.6. The summed E-state index contributed by atoms with van der Waals surface area (Å²) in [6, 6.07) is 7.51. The normalized spacial score (nSPS) is 10.3. The number of nitrogens with one attached hydrogen (secondary N) is 2. The molecule has 0 spiro atoms. The molecule has 0 saturated carbocycles. The lowest BCUT2D eigenvalue weighted by atomic mass is 10.1. The first-order valence-electron chi connectivity index (χ1n) is 7.05. The van der Waals surface area contributed by atoms with Crippen LogP contribution < -0.4 is 10.6 Å². The lowest BCUT2D eigenvalue weighted by molar-refractivity contribution is -0.119. The van der Waals surface area contributed by atoms with E-state index >= 15 is 0 Å². The molecule has 3 N–H and O–H groups in total. The van der Waals surface area contributed by atoms with Gasteiger partial charge < -0.3 is 15.7 Å². The van der Waals surface area contributed by atoms with E-state index in [0.717, 1.165) is 6.42 Å². The van der Waals surface area contributed by atoms with E-state index in [9.17, 15) is 14.3 Å². The molecule has 5 nitrogen and oxygen atoms in total. The van der Waals surface area contributed by atoms with E-state index in [1.165, 1.54) is 24.4 Å². The van der Waals surface area contributed by atoms with Crippen molar-refractivity contribution >= 4 is 11.7 Å². The first-order valence-corrected chi connectivity index (χ1v) is 7.05. The molecule has 22 heavy (non-hydrogen) atoms. The molecule has 2 rings (SSSR count).